The Kier molecular flexibility index (Phi) is 2.72. The van der Waals surface area contributed by atoms with Crippen LogP contribution in [-0.2, 0) is 6.42 Å². The SMILES string of the molecule is CCc1cccc(-c2ccccc2C2CC2)c1. The normalized spacial score (nSPS) is 14.9. The van der Waals surface area contributed by atoms with Gasteiger partial charge in [-0.05, 0) is 47.4 Å². The van der Waals surface area contributed by atoms with E-state index in [0.717, 1.165) is 12.3 Å². The minimum absolute atomic E-state index is 0.816. The van der Waals surface area contributed by atoms with E-state index in [-0.39, 0.29) is 0 Å². The van der Waals surface area contributed by atoms with Gasteiger partial charge in [-0.1, -0.05) is 55.5 Å². The smallest absolute Gasteiger partial charge is 0.0149 e. The maximum Gasteiger partial charge on any atom is -0.0149 e. The van der Waals surface area contributed by atoms with Crippen LogP contribution in [0.25, 0.3) is 11.1 Å². The molecule has 3 rings (SSSR count). The van der Waals surface area contributed by atoms with Crippen molar-refractivity contribution in [1.82, 2.24) is 0 Å². The quantitative estimate of drug-likeness (QED) is 0.700. The summed E-state index contributed by atoms with van der Waals surface area (Å²) < 4.78 is 0. The van der Waals surface area contributed by atoms with E-state index in [1.165, 1.54) is 29.5 Å². The van der Waals surface area contributed by atoms with Gasteiger partial charge in [-0.15, -0.1) is 0 Å². The van der Waals surface area contributed by atoms with Crippen LogP contribution < -0.4 is 0 Å². The largest absolute Gasteiger partial charge is 0.0619 e. The molecule has 1 saturated carbocycles. The van der Waals surface area contributed by atoms with Crippen molar-refractivity contribution < 1.29 is 0 Å². The molecule has 1 aliphatic carbocycles. The molecule has 0 unspecified atom stereocenters. The summed E-state index contributed by atoms with van der Waals surface area (Å²) in [5.74, 6) is 0.816. The maximum atomic E-state index is 2.33. The zero-order valence-corrected chi connectivity index (χ0v) is 10.3. The zero-order valence-electron chi connectivity index (χ0n) is 10.3. The van der Waals surface area contributed by atoms with E-state index in [0.29, 0.717) is 0 Å². The summed E-state index contributed by atoms with van der Waals surface area (Å²) in [5.41, 5.74) is 5.78. The second-order valence-corrected chi connectivity index (χ2v) is 4.92. The molecule has 0 radical (unpaired) electrons. The molecule has 0 heterocycles. The van der Waals surface area contributed by atoms with Crippen LogP contribution in [0.15, 0.2) is 48.5 Å². The molecule has 0 spiro atoms. The van der Waals surface area contributed by atoms with Crippen LogP contribution in [0.4, 0.5) is 0 Å². The van der Waals surface area contributed by atoms with Gasteiger partial charge >= 0.3 is 0 Å². The van der Waals surface area contributed by atoms with Crippen LogP contribution in [0, 0.1) is 0 Å². The summed E-state index contributed by atoms with van der Waals surface area (Å²) in [6, 6.07) is 17.8. The van der Waals surface area contributed by atoms with Crippen molar-refractivity contribution in [1.29, 1.82) is 0 Å². The predicted octanol–water partition coefficient (Wildman–Crippen LogP) is 4.79. The lowest BCUT2D eigenvalue weighted by Crippen LogP contribution is -1.88. The summed E-state index contributed by atoms with van der Waals surface area (Å²) in [7, 11) is 0. The van der Waals surface area contributed by atoms with Crippen molar-refractivity contribution in [2.45, 2.75) is 32.1 Å². The van der Waals surface area contributed by atoms with Gasteiger partial charge in [0.1, 0.15) is 0 Å². The molecule has 0 amide bonds. The fourth-order valence-electron chi connectivity index (χ4n) is 2.47. The van der Waals surface area contributed by atoms with E-state index in [9.17, 15) is 0 Å². The summed E-state index contributed by atoms with van der Waals surface area (Å²) >= 11 is 0. The van der Waals surface area contributed by atoms with Crippen molar-refractivity contribution in [3.05, 3.63) is 59.7 Å². The molecule has 0 bridgehead atoms. The molecule has 0 heteroatoms. The third-order valence-electron chi connectivity index (χ3n) is 3.62. The standard InChI is InChI=1S/C17H18/c1-2-13-6-5-7-15(12-13)17-9-4-3-8-16(17)14-10-11-14/h3-9,12,14H,2,10-11H2,1H3. The third-order valence-corrected chi connectivity index (χ3v) is 3.62. The van der Waals surface area contributed by atoms with E-state index >= 15 is 0 Å². The van der Waals surface area contributed by atoms with Crippen molar-refractivity contribution in [3.63, 3.8) is 0 Å². The fraction of sp³-hybridized carbons (Fsp3) is 0.294. The van der Waals surface area contributed by atoms with Gasteiger partial charge in [-0.2, -0.15) is 0 Å². The molecule has 0 atom stereocenters. The van der Waals surface area contributed by atoms with Gasteiger partial charge in [0.05, 0.1) is 0 Å². The summed E-state index contributed by atoms with van der Waals surface area (Å²) in [6.07, 6.45) is 3.84. The molecular formula is C17H18. The first-order chi connectivity index (χ1) is 8.38. The molecule has 1 fully saturated rings. The first kappa shape index (κ1) is 10.6. The van der Waals surface area contributed by atoms with Crippen LogP contribution in [-0.4, -0.2) is 0 Å². The summed E-state index contributed by atoms with van der Waals surface area (Å²) in [5, 5.41) is 0. The van der Waals surface area contributed by atoms with Gasteiger partial charge in [0.15, 0.2) is 0 Å². The van der Waals surface area contributed by atoms with Crippen LogP contribution in [0.5, 0.6) is 0 Å². The second kappa shape index (κ2) is 4.37. The lowest BCUT2D eigenvalue weighted by atomic mass is 9.95. The first-order valence-electron chi connectivity index (χ1n) is 6.56. The monoisotopic (exact) mass is 222 g/mol. The number of hydrogen-bond donors (Lipinski definition) is 0. The van der Waals surface area contributed by atoms with Gasteiger partial charge in [-0.3, -0.25) is 0 Å². The first-order valence-corrected chi connectivity index (χ1v) is 6.56. The Labute approximate surface area is 103 Å². The van der Waals surface area contributed by atoms with E-state index < -0.39 is 0 Å². The highest BCUT2D eigenvalue weighted by molar-refractivity contribution is 5.69. The van der Waals surface area contributed by atoms with Gasteiger partial charge < -0.3 is 0 Å². The number of aryl methyl sites for hydroxylation is 1. The lowest BCUT2D eigenvalue weighted by molar-refractivity contribution is 1.12. The molecule has 0 N–H and O–H groups in total. The summed E-state index contributed by atoms with van der Waals surface area (Å²) in [6.45, 7) is 2.21. The van der Waals surface area contributed by atoms with Crippen molar-refractivity contribution >= 4 is 0 Å². The number of benzene rings is 2. The van der Waals surface area contributed by atoms with Gasteiger partial charge in [-0.25, -0.2) is 0 Å². The maximum absolute atomic E-state index is 2.33. The molecule has 1 aliphatic rings. The molecule has 0 nitrogen and oxygen atoms in total. The van der Waals surface area contributed by atoms with E-state index in [2.05, 4.69) is 55.5 Å². The Morgan fingerprint density at radius 3 is 2.59 bits per heavy atom. The van der Waals surface area contributed by atoms with Crippen LogP contribution in [0.3, 0.4) is 0 Å². The second-order valence-electron chi connectivity index (χ2n) is 4.92. The van der Waals surface area contributed by atoms with Gasteiger partial charge in [0.25, 0.3) is 0 Å². The highest BCUT2D eigenvalue weighted by Crippen LogP contribution is 2.44. The Morgan fingerprint density at radius 1 is 1.00 bits per heavy atom. The highest BCUT2D eigenvalue weighted by atomic mass is 14.3. The molecule has 0 saturated heterocycles. The molecule has 0 aromatic heterocycles. The van der Waals surface area contributed by atoms with E-state index in [1.54, 1.807) is 5.56 Å². The molecule has 2 aromatic carbocycles. The fourth-order valence-corrected chi connectivity index (χ4v) is 2.47. The van der Waals surface area contributed by atoms with E-state index in [4.69, 9.17) is 0 Å². The number of rotatable bonds is 3. The third kappa shape index (κ3) is 2.12. The van der Waals surface area contributed by atoms with Crippen LogP contribution >= 0.6 is 0 Å². The van der Waals surface area contributed by atoms with E-state index in [1.807, 2.05) is 0 Å². The minimum atomic E-state index is 0.816. The van der Waals surface area contributed by atoms with Crippen LogP contribution in [0.2, 0.25) is 0 Å². The Morgan fingerprint density at radius 2 is 1.82 bits per heavy atom. The zero-order chi connectivity index (χ0) is 11.7. The predicted molar refractivity (Wildman–Crippen MR) is 73.2 cm³/mol. The molecule has 17 heavy (non-hydrogen) atoms. The van der Waals surface area contributed by atoms with Gasteiger partial charge in [0.2, 0.25) is 0 Å². The molecule has 0 aliphatic heterocycles. The lowest BCUT2D eigenvalue weighted by Gasteiger charge is -2.09. The average Bonchev–Trinajstić information content (AvgIpc) is 3.23. The van der Waals surface area contributed by atoms with Crippen molar-refractivity contribution in [2.75, 3.05) is 0 Å². The topological polar surface area (TPSA) is 0 Å². The molecule has 86 valence electrons. The van der Waals surface area contributed by atoms with Crippen molar-refractivity contribution in [3.8, 4) is 11.1 Å². The Hall–Kier alpha value is -1.56. The minimum Gasteiger partial charge on any atom is -0.0619 e. The highest BCUT2D eigenvalue weighted by Gasteiger charge is 2.25. The van der Waals surface area contributed by atoms with Crippen LogP contribution in [0.1, 0.15) is 36.8 Å². The molecular weight excluding hydrogens is 204 g/mol. The summed E-state index contributed by atoms with van der Waals surface area (Å²) in [4.78, 5) is 0. The Bertz CT molecular complexity index is 521. The average molecular weight is 222 g/mol. The van der Waals surface area contributed by atoms with Crippen molar-refractivity contribution in [2.24, 2.45) is 0 Å². The number of hydrogen-bond acceptors (Lipinski definition) is 0. The van der Waals surface area contributed by atoms with Gasteiger partial charge in [0, 0.05) is 0 Å². The Balaban J connectivity index is 2.07. The molecule has 2 aromatic rings.